The molecule has 2 aromatic rings. The zero-order valence-electron chi connectivity index (χ0n) is 18.8. The molecule has 6 rings (SSSR count). The maximum Gasteiger partial charge on any atom is 0.409 e. The number of rotatable bonds is 4. The Balaban J connectivity index is 1.15. The van der Waals surface area contributed by atoms with E-state index in [0.29, 0.717) is 29.7 Å². The van der Waals surface area contributed by atoms with E-state index >= 15 is 0 Å². The molecule has 1 aliphatic carbocycles. The Labute approximate surface area is 196 Å². The first-order valence-electron chi connectivity index (χ1n) is 11.9. The smallest absolute Gasteiger partial charge is 0.409 e. The second-order valence-electron chi connectivity index (χ2n) is 9.96. The van der Waals surface area contributed by atoms with E-state index in [1.807, 2.05) is 11.8 Å². The van der Waals surface area contributed by atoms with Gasteiger partial charge in [-0.1, -0.05) is 11.3 Å². The molecular formula is C23H29FN6O2S. The van der Waals surface area contributed by atoms with Gasteiger partial charge in [-0.3, -0.25) is 4.90 Å². The normalized spacial score (nSPS) is 28.4. The molecule has 1 spiro atoms. The summed E-state index contributed by atoms with van der Waals surface area (Å²) in [5.41, 5.74) is 2.68. The first-order chi connectivity index (χ1) is 16.0. The van der Waals surface area contributed by atoms with Crippen molar-refractivity contribution in [1.82, 2.24) is 25.0 Å². The van der Waals surface area contributed by atoms with Crippen molar-refractivity contribution < 1.29 is 13.9 Å². The van der Waals surface area contributed by atoms with Gasteiger partial charge in [0.25, 0.3) is 0 Å². The van der Waals surface area contributed by atoms with E-state index in [2.05, 4.69) is 25.0 Å². The van der Waals surface area contributed by atoms with E-state index in [0.717, 1.165) is 37.6 Å². The number of likely N-dealkylation sites (tertiary alicyclic amines) is 1. The van der Waals surface area contributed by atoms with Gasteiger partial charge in [-0.05, 0) is 45.1 Å². The highest BCUT2D eigenvalue weighted by Crippen LogP contribution is 2.50. The van der Waals surface area contributed by atoms with Crippen LogP contribution in [0, 0.1) is 11.2 Å². The van der Waals surface area contributed by atoms with Gasteiger partial charge in [0.05, 0.1) is 18.4 Å². The molecule has 3 atom stereocenters. The summed E-state index contributed by atoms with van der Waals surface area (Å²) in [4.78, 5) is 23.5. The van der Waals surface area contributed by atoms with E-state index in [-0.39, 0.29) is 17.3 Å². The number of halogens is 1. The molecule has 2 aromatic heterocycles. The molecule has 3 aliphatic heterocycles. The van der Waals surface area contributed by atoms with Crippen molar-refractivity contribution in [3.63, 3.8) is 0 Å². The van der Waals surface area contributed by atoms with Crippen LogP contribution in [0.2, 0.25) is 0 Å². The van der Waals surface area contributed by atoms with Gasteiger partial charge in [-0.25, -0.2) is 14.2 Å². The van der Waals surface area contributed by atoms with Crippen LogP contribution in [0.15, 0.2) is 17.8 Å². The highest BCUT2D eigenvalue weighted by Gasteiger charge is 2.54. The topological polar surface area (TPSA) is 74.7 Å². The maximum absolute atomic E-state index is 14.0. The molecule has 2 bridgehead atoms. The van der Waals surface area contributed by atoms with E-state index < -0.39 is 0 Å². The van der Waals surface area contributed by atoms with Crippen LogP contribution >= 0.6 is 11.3 Å². The van der Waals surface area contributed by atoms with Gasteiger partial charge in [-0.2, -0.15) is 0 Å². The quantitative estimate of drug-likeness (QED) is 0.675. The number of piperazine rings is 1. The highest BCUT2D eigenvalue weighted by molar-refractivity contribution is 7.12. The first-order valence-corrected chi connectivity index (χ1v) is 12.8. The van der Waals surface area contributed by atoms with E-state index in [9.17, 15) is 9.18 Å². The highest BCUT2D eigenvalue weighted by atomic mass is 32.1. The Bertz CT molecular complexity index is 1020. The molecule has 4 aliphatic rings. The SMILES string of the molecule is CCOC(=O)N1CC2(CC[C@H](N3[C@@H]4CC[C@H]3CN(c3ncc(F)cc3-c3nncs3)C4)C2)C1. The molecule has 8 nitrogen and oxygen atoms in total. The molecule has 0 radical (unpaired) electrons. The van der Waals surface area contributed by atoms with Gasteiger partial charge < -0.3 is 14.5 Å². The summed E-state index contributed by atoms with van der Waals surface area (Å²) in [6.07, 6.45) is 7.08. The monoisotopic (exact) mass is 472 g/mol. The lowest BCUT2D eigenvalue weighted by Crippen LogP contribution is -2.60. The molecule has 0 N–H and O–H groups in total. The second kappa shape index (κ2) is 8.16. The Hall–Kier alpha value is -2.33. The lowest BCUT2D eigenvalue weighted by atomic mass is 9.78. The number of amides is 1. The van der Waals surface area contributed by atoms with Gasteiger partial charge in [-0.15, -0.1) is 10.2 Å². The molecule has 176 valence electrons. The molecule has 1 saturated carbocycles. The Kier molecular flexibility index (Phi) is 5.25. The molecule has 5 heterocycles. The summed E-state index contributed by atoms with van der Waals surface area (Å²) in [7, 11) is 0. The van der Waals surface area contributed by atoms with Crippen LogP contribution in [0.3, 0.4) is 0 Å². The predicted molar refractivity (Wildman–Crippen MR) is 123 cm³/mol. The van der Waals surface area contributed by atoms with Crippen LogP contribution in [0.1, 0.15) is 39.0 Å². The van der Waals surface area contributed by atoms with Crippen molar-refractivity contribution in [1.29, 1.82) is 0 Å². The molecule has 1 amide bonds. The van der Waals surface area contributed by atoms with Crippen LogP contribution < -0.4 is 4.90 Å². The lowest BCUT2D eigenvalue weighted by Gasteiger charge is -2.49. The first kappa shape index (κ1) is 21.2. The number of carbonyl (C=O) groups excluding carboxylic acids is 1. The molecule has 4 fully saturated rings. The van der Waals surface area contributed by atoms with Crippen molar-refractivity contribution in [3.05, 3.63) is 23.6 Å². The van der Waals surface area contributed by atoms with Crippen LogP contribution in [0.4, 0.5) is 15.0 Å². The largest absolute Gasteiger partial charge is 0.450 e. The number of hydrogen-bond acceptors (Lipinski definition) is 8. The van der Waals surface area contributed by atoms with Crippen LogP contribution in [0.25, 0.3) is 10.6 Å². The van der Waals surface area contributed by atoms with Crippen molar-refractivity contribution in [2.45, 2.75) is 57.2 Å². The molecule has 0 unspecified atom stereocenters. The molecule has 3 saturated heterocycles. The fourth-order valence-electron chi connectivity index (χ4n) is 6.66. The average Bonchev–Trinajstić information content (AvgIpc) is 3.51. The number of pyridine rings is 1. The third-order valence-electron chi connectivity index (χ3n) is 7.94. The second-order valence-corrected chi connectivity index (χ2v) is 10.8. The fraction of sp³-hybridized carbons (Fsp3) is 0.652. The molecule has 33 heavy (non-hydrogen) atoms. The van der Waals surface area contributed by atoms with E-state index in [1.54, 1.807) is 5.51 Å². The lowest BCUT2D eigenvalue weighted by molar-refractivity contribution is -0.00566. The predicted octanol–water partition coefficient (Wildman–Crippen LogP) is 3.40. The number of nitrogens with zero attached hydrogens (tertiary/aromatic N) is 6. The Morgan fingerprint density at radius 2 is 2.03 bits per heavy atom. The van der Waals surface area contributed by atoms with Crippen LogP contribution in [0.5, 0.6) is 0 Å². The van der Waals surface area contributed by atoms with Gasteiger partial charge in [0.1, 0.15) is 17.1 Å². The number of ether oxygens (including phenoxy) is 1. The van der Waals surface area contributed by atoms with E-state index in [1.165, 1.54) is 55.7 Å². The summed E-state index contributed by atoms with van der Waals surface area (Å²) in [6.45, 7) is 5.76. The van der Waals surface area contributed by atoms with Crippen molar-refractivity contribution in [2.75, 3.05) is 37.7 Å². The summed E-state index contributed by atoms with van der Waals surface area (Å²) >= 11 is 1.41. The number of anilines is 1. The zero-order valence-corrected chi connectivity index (χ0v) is 19.6. The zero-order chi connectivity index (χ0) is 22.6. The molecular weight excluding hydrogens is 443 g/mol. The number of fused-ring (bicyclic) bond motifs is 2. The summed E-state index contributed by atoms with van der Waals surface area (Å²) < 4.78 is 19.2. The summed E-state index contributed by atoms with van der Waals surface area (Å²) in [5, 5.41) is 8.81. The fourth-order valence-corrected chi connectivity index (χ4v) is 7.23. The molecule has 0 aromatic carbocycles. The van der Waals surface area contributed by atoms with E-state index in [4.69, 9.17) is 4.74 Å². The van der Waals surface area contributed by atoms with Gasteiger partial charge in [0.15, 0.2) is 5.01 Å². The minimum Gasteiger partial charge on any atom is -0.450 e. The Morgan fingerprint density at radius 3 is 2.73 bits per heavy atom. The molecule has 10 heteroatoms. The minimum absolute atomic E-state index is 0.168. The van der Waals surface area contributed by atoms with Crippen LogP contribution in [-0.2, 0) is 4.74 Å². The minimum atomic E-state index is -0.348. The third kappa shape index (κ3) is 3.67. The van der Waals surface area contributed by atoms with Gasteiger partial charge in [0.2, 0.25) is 0 Å². The summed E-state index contributed by atoms with van der Waals surface area (Å²) in [6, 6.07) is 3.08. The standard InChI is InChI=1S/C23H29FN6O2S/c1-2-32-22(31)29-12-23(13-29)6-5-16(8-23)30-17-3-4-18(30)11-28(10-17)20-19(7-15(24)9-25-20)21-27-26-14-33-21/h7,9,14,16-18H,2-6,8,10-13H2,1H3/t16-,17-,18+/m0/s1. The van der Waals surface area contributed by atoms with Crippen LogP contribution in [-0.4, -0.2) is 82.0 Å². The van der Waals surface area contributed by atoms with Gasteiger partial charge in [0, 0.05) is 49.7 Å². The maximum atomic E-state index is 14.0. The summed E-state index contributed by atoms with van der Waals surface area (Å²) in [5.74, 6) is 0.468. The van der Waals surface area contributed by atoms with Gasteiger partial charge >= 0.3 is 6.09 Å². The van der Waals surface area contributed by atoms with Crippen molar-refractivity contribution in [2.24, 2.45) is 5.41 Å². The average molecular weight is 473 g/mol. The van der Waals surface area contributed by atoms with Crippen molar-refractivity contribution in [3.8, 4) is 10.6 Å². The van der Waals surface area contributed by atoms with Crippen molar-refractivity contribution >= 4 is 23.2 Å². The number of hydrogen-bond donors (Lipinski definition) is 0. The Morgan fingerprint density at radius 1 is 1.24 bits per heavy atom. The number of aromatic nitrogens is 3. The third-order valence-corrected chi connectivity index (χ3v) is 8.66. The number of carbonyl (C=O) groups is 1.